The van der Waals surface area contributed by atoms with Crippen molar-refractivity contribution < 1.29 is 14.4 Å². The highest BCUT2D eigenvalue weighted by Gasteiger charge is 2.46. The summed E-state index contributed by atoms with van der Waals surface area (Å²) < 4.78 is 11.7. The van der Waals surface area contributed by atoms with Gasteiger partial charge in [-0.2, -0.15) is 4.98 Å². The van der Waals surface area contributed by atoms with Gasteiger partial charge in [0.25, 0.3) is 0 Å². The van der Waals surface area contributed by atoms with Crippen LogP contribution in [0.3, 0.4) is 0 Å². The molecule has 0 saturated carbocycles. The van der Waals surface area contributed by atoms with E-state index in [2.05, 4.69) is 50.0 Å². The van der Waals surface area contributed by atoms with Crippen LogP contribution < -0.4 is 4.74 Å². The van der Waals surface area contributed by atoms with Gasteiger partial charge in [-0.3, -0.25) is 0 Å². The SMILES string of the molecule is CCCCCc1cc2c(c(O)c1-c1noc(C)n1)C1C=C(C)CCC1C(C)(C)O2. The summed E-state index contributed by atoms with van der Waals surface area (Å²) in [6, 6.07) is 2.11. The topological polar surface area (TPSA) is 68.4 Å². The third-order valence-electron chi connectivity index (χ3n) is 6.53. The standard InChI is InChI=1S/C24H32N2O3/c1-6-7-8-9-16-13-19-21(22(27)20(16)23-25-15(3)29-26-23)17-12-14(2)10-11-18(17)24(4,5)28-19/h12-13,17-18,27H,6-11H2,1-5H3. The molecule has 0 radical (unpaired) electrons. The molecule has 1 aliphatic carbocycles. The second kappa shape index (κ2) is 7.51. The largest absolute Gasteiger partial charge is 0.507 e. The molecule has 1 aliphatic heterocycles. The molecule has 156 valence electrons. The Morgan fingerprint density at radius 2 is 2.03 bits per heavy atom. The van der Waals surface area contributed by atoms with Crippen LogP contribution >= 0.6 is 0 Å². The lowest BCUT2D eigenvalue weighted by Gasteiger charge is -2.46. The number of rotatable bonds is 5. The number of fused-ring (bicyclic) bond motifs is 3. The van der Waals surface area contributed by atoms with Gasteiger partial charge in [0, 0.05) is 24.3 Å². The smallest absolute Gasteiger partial charge is 0.223 e. The first-order chi connectivity index (χ1) is 13.8. The van der Waals surface area contributed by atoms with Gasteiger partial charge in [0.05, 0.1) is 5.56 Å². The number of aryl methyl sites for hydroxylation is 2. The highest BCUT2D eigenvalue weighted by atomic mass is 16.5. The van der Waals surface area contributed by atoms with Crippen LogP contribution in [0.15, 0.2) is 22.2 Å². The van der Waals surface area contributed by atoms with E-state index in [4.69, 9.17) is 9.26 Å². The van der Waals surface area contributed by atoms with E-state index < -0.39 is 0 Å². The van der Waals surface area contributed by atoms with Gasteiger partial charge in [0.1, 0.15) is 17.1 Å². The van der Waals surface area contributed by atoms with Crippen molar-refractivity contribution in [3.05, 3.63) is 34.7 Å². The molecule has 5 heteroatoms. The van der Waals surface area contributed by atoms with Crippen molar-refractivity contribution in [3.8, 4) is 22.9 Å². The first kappa shape index (κ1) is 20.0. The van der Waals surface area contributed by atoms with E-state index in [0.717, 1.165) is 55.4 Å². The van der Waals surface area contributed by atoms with Crippen LogP contribution in [-0.2, 0) is 6.42 Å². The normalized spacial score (nSPS) is 22.4. The highest BCUT2D eigenvalue weighted by molar-refractivity contribution is 5.74. The Bertz CT molecular complexity index is 942. The Kier molecular flexibility index (Phi) is 5.18. The Balaban J connectivity index is 1.90. The Hall–Kier alpha value is -2.30. The van der Waals surface area contributed by atoms with Gasteiger partial charge < -0.3 is 14.4 Å². The van der Waals surface area contributed by atoms with Crippen molar-refractivity contribution in [1.29, 1.82) is 0 Å². The fraction of sp³-hybridized carbons (Fsp3) is 0.583. The van der Waals surface area contributed by atoms with Crippen molar-refractivity contribution in [2.75, 3.05) is 0 Å². The maximum Gasteiger partial charge on any atom is 0.223 e. The molecular weight excluding hydrogens is 364 g/mol. The fourth-order valence-corrected chi connectivity index (χ4v) is 5.02. The van der Waals surface area contributed by atoms with Crippen LogP contribution in [0, 0.1) is 12.8 Å². The zero-order valence-corrected chi connectivity index (χ0v) is 18.2. The van der Waals surface area contributed by atoms with Crippen LogP contribution in [0.4, 0.5) is 0 Å². The molecule has 2 aromatic rings. The maximum absolute atomic E-state index is 11.5. The molecule has 2 atom stereocenters. The van der Waals surface area contributed by atoms with Gasteiger partial charge in [0.2, 0.25) is 11.7 Å². The number of allylic oxidation sites excluding steroid dienone is 2. The van der Waals surface area contributed by atoms with Gasteiger partial charge in [0.15, 0.2) is 0 Å². The highest BCUT2D eigenvalue weighted by Crippen LogP contribution is 2.55. The summed E-state index contributed by atoms with van der Waals surface area (Å²) in [5.74, 6) is 2.49. The van der Waals surface area contributed by atoms with Crippen LogP contribution in [-0.4, -0.2) is 20.8 Å². The monoisotopic (exact) mass is 396 g/mol. The number of phenolic OH excluding ortho intramolecular Hbond substituents is 1. The number of phenols is 1. The third kappa shape index (κ3) is 3.56. The molecule has 1 aromatic carbocycles. The van der Waals surface area contributed by atoms with E-state index in [1.54, 1.807) is 6.92 Å². The average molecular weight is 397 g/mol. The number of nitrogens with zero attached hydrogens (tertiary/aromatic N) is 2. The first-order valence-electron chi connectivity index (χ1n) is 10.9. The van der Waals surface area contributed by atoms with Crippen molar-refractivity contribution in [2.24, 2.45) is 5.92 Å². The number of ether oxygens (including phenoxy) is 1. The predicted octanol–water partition coefficient (Wildman–Crippen LogP) is 6.09. The molecule has 5 nitrogen and oxygen atoms in total. The second-order valence-corrected chi connectivity index (χ2v) is 9.15. The molecule has 29 heavy (non-hydrogen) atoms. The van der Waals surface area contributed by atoms with E-state index in [-0.39, 0.29) is 17.3 Å². The maximum atomic E-state index is 11.5. The number of hydrogen-bond acceptors (Lipinski definition) is 5. The fourth-order valence-electron chi connectivity index (χ4n) is 5.02. The second-order valence-electron chi connectivity index (χ2n) is 9.15. The molecule has 1 aromatic heterocycles. The lowest BCUT2D eigenvalue weighted by molar-refractivity contribution is 0.0108. The summed E-state index contributed by atoms with van der Waals surface area (Å²) in [7, 11) is 0. The Morgan fingerprint density at radius 3 is 2.72 bits per heavy atom. The molecule has 0 spiro atoms. The van der Waals surface area contributed by atoms with Gasteiger partial charge in [-0.1, -0.05) is 36.6 Å². The molecule has 2 heterocycles. The molecule has 1 N–H and O–H groups in total. The summed E-state index contributed by atoms with van der Waals surface area (Å²) in [6.07, 6.45) is 8.65. The number of hydrogen-bond donors (Lipinski definition) is 1. The molecule has 2 unspecified atom stereocenters. The van der Waals surface area contributed by atoms with Crippen LogP contribution in [0.2, 0.25) is 0 Å². The van der Waals surface area contributed by atoms with E-state index in [9.17, 15) is 5.11 Å². The predicted molar refractivity (Wildman–Crippen MR) is 113 cm³/mol. The summed E-state index contributed by atoms with van der Waals surface area (Å²) in [5, 5.41) is 15.6. The quantitative estimate of drug-likeness (QED) is 0.489. The zero-order chi connectivity index (χ0) is 20.8. The van der Waals surface area contributed by atoms with Crippen LogP contribution in [0.1, 0.15) is 82.7 Å². The minimum absolute atomic E-state index is 0.138. The number of aromatic hydroxyl groups is 1. The molecule has 0 bridgehead atoms. The van der Waals surface area contributed by atoms with E-state index in [1.807, 2.05) is 0 Å². The van der Waals surface area contributed by atoms with Gasteiger partial charge in [-0.05, 0) is 58.1 Å². The molecule has 0 fully saturated rings. The summed E-state index contributed by atoms with van der Waals surface area (Å²) >= 11 is 0. The van der Waals surface area contributed by atoms with Gasteiger partial charge >= 0.3 is 0 Å². The minimum Gasteiger partial charge on any atom is -0.507 e. The van der Waals surface area contributed by atoms with E-state index in [0.29, 0.717) is 23.2 Å². The first-order valence-corrected chi connectivity index (χ1v) is 10.9. The summed E-state index contributed by atoms with van der Waals surface area (Å²) in [4.78, 5) is 4.43. The van der Waals surface area contributed by atoms with E-state index in [1.165, 1.54) is 5.57 Å². The van der Waals surface area contributed by atoms with E-state index >= 15 is 0 Å². The Morgan fingerprint density at radius 1 is 1.24 bits per heavy atom. The van der Waals surface area contributed by atoms with Crippen molar-refractivity contribution in [2.45, 2.75) is 84.7 Å². The lowest BCUT2D eigenvalue weighted by atomic mass is 9.67. The molecular formula is C24H32N2O3. The number of benzene rings is 1. The van der Waals surface area contributed by atoms with Crippen molar-refractivity contribution in [3.63, 3.8) is 0 Å². The van der Waals surface area contributed by atoms with Crippen LogP contribution in [0.25, 0.3) is 11.4 Å². The van der Waals surface area contributed by atoms with Gasteiger partial charge in [-0.25, -0.2) is 0 Å². The number of aromatic nitrogens is 2. The molecule has 4 rings (SSSR count). The van der Waals surface area contributed by atoms with Crippen LogP contribution in [0.5, 0.6) is 11.5 Å². The molecule has 2 aliphatic rings. The van der Waals surface area contributed by atoms with Crippen molar-refractivity contribution in [1.82, 2.24) is 10.1 Å². The lowest BCUT2D eigenvalue weighted by Crippen LogP contribution is -2.45. The zero-order valence-electron chi connectivity index (χ0n) is 18.2. The minimum atomic E-state index is -0.272. The summed E-state index contributed by atoms with van der Waals surface area (Å²) in [6.45, 7) is 10.5. The Labute approximate surface area is 173 Å². The summed E-state index contributed by atoms with van der Waals surface area (Å²) in [5.41, 5.74) is 3.71. The molecule has 0 saturated heterocycles. The molecule has 0 amide bonds. The number of unbranched alkanes of at least 4 members (excludes halogenated alkanes) is 2. The van der Waals surface area contributed by atoms with Gasteiger partial charge in [-0.15, -0.1) is 0 Å². The van der Waals surface area contributed by atoms with Crippen molar-refractivity contribution >= 4 is 0 Å². The third-order valence-corrected chi connectivity index (χ3v) is 6.53. The average Bonchev–Trinajstić information content (AvgIpc) is 3.06.